The molecule has 0 radical (unpaired) electrons. The first-order valence-electron chi connectivity index (χ1n) is 3.79. The molecule has 0 aromatic carbocycles. The molecule has 8 heteroatoms. The van der Waals surface area contributed by atoms with E-state index in [0.29, 0.717) is 16.7 Å². The van der Waals surface area contributed by atoms with E-state index in [1.165, 1.54) is 17.5 Å². The van der Waals surface area contributed by atoms with Crippen LogP contribution in [0.4, 0.5) is 10.1 Å². The van der Waals surface area contributed by atoms with E-state index in [4.69, 9.17) is 5.11 Å². The monoisotopic (exact) mass is 237 g/mol. The van der Waals surface area contributed by atoms with Gasteiger partial charge in [-0.2, -0.15) is 0 Å². The van der Waals surface area contributed by atoms with Gasteiger partial charge in [-0.05, 0) is 0 Å². The van der Waals surface area contributed by atoms with Crippen LogP contribution in [-0.4, -0.2) is 37.9 Å². The summed E-state index contributed by atoms with van der Waals surface area (Å²) in [5.74, 6) is 0. The summed E-state index contributed by atoms with van der Waals surface area (Å²) in [6, 6.07) is 0. The minimum absolute atomic E-state index is 0.0206. The van der Waals surface area contributed by atoms with E-state index in [-0.39, 0.29) is 6.61 Å². The number of hydrogen-bond acceptors (Lipinski definition) is 6. The molecule has 14 heavy (non-hydrogen) atoms. The van der Waals surface area contributed by atoms with E-state index in [2.05, 4.69) is 15.0 Å². The van der Waals surface area contributed by atoms with Crippen LogP contribution in [0, 0.1) is 0 Å². The van der Waals surface area contributed by atoms with Gasteiger partial charge in [0.15, 0.2) is 5.13 Å². The van der Waals surface area contributed by atoms with Crippen molar-refractivity contribution in [3.63, 3.8) is 0 Å². The van der Waals surface area contributed by atoms with Gasteiger partial charge in [-0.3, -0.25) is 4.72 Å². The fraction of sp³-hybridized carbons (Fsp3) is 0.500. The summed E-state index contributed by atoms with van der Waals surface area (Å²) < 4.78 is 23.9. The highest BCUT2D eigenvalue weighted by Gasteiger charge is 2.05. The molecule has 1 heterocycles. The van der Waals surface area contributed by atoms with Gasteiger partial charge >= 0.3 is 0 Å². The summed E-state index contributed by atoms with van der Waals surface area (Å²) in [6.07, 6.45) is 2.57. The summed E-state index contributed by atoms with van der Waals surface area (Å²) in [4.78, 5) is 3.84. The predicted molar refractivity (Wildman–Crippen MR) is 56.2 cm³/mol. The lowest BCUT2D eigenvalue weighted by atomic mass is 10.7. The van der Waals surface area contributed by atoms with Crippen molar-refractivity contribution in [2.45, 2.75) is 0 Å². The van der Waals surface area contributed by atoms with Crippen molar-refractivity contribution in [2.75, 3.05) is 29.4 Å². The molecule has 1 rings (SSSR count). The van der Waals surface area contributed by atoms with Crippen LogP contribution in [0.5, 0.6) is 0 Å². The molecule has 0 bridgehead atoms. The van der Waals surface area contributed by atoms with Gasteiger partial charge in [0.2, 0.25) is 10.0 Å². The average Bonchev–Trinajstić information content (AvgIpc) is 2.46. The highest BCUT2D eigenvalue weighted by Crippen LogP contribution is 2.23. The van der Waals surface area contributed by atoms with Crippen molar-refractivity contribution in [2.24, 2.45) is 0 Å². The van der Waals surface area contributed by atoms with Crippen LogP contribution in [0.15, 0.2) is 6.20 Å². The Hall–Kier alpha value is -0.860. The van der Waals surface area contributed by atoms with Gasteiger partial charge in [-0.1, -0.05) is 11.3 Å². The van der Waals surface area contributed by atoms with Crippen molar-refractivity contribution in [1.29, 1.82) is 0 Å². The normalized spacial score (nSPS) is 11.3. The Kier molecular flexibility index (Phi) is 3.67. The van der Waals surface area contributed by atoms with Crippen molar-refractivity contribution < 1.29 is 13.5 Å². The topological polar surface area (TPSA) is 91.3 Å². The second-order valence-electron chi connectivity index (χ2n) is 2.55. The molecule has 0 fully saturated rings. The van der Waals surface area contributed by atoms with Gasteiger partial charge in [0.05, 0.1) is 19.1 Å². The Morgan fingerprint density at radius 1 is 1.64 bits per heavy atom. The highest BCUT2D eigenvalue weighted by molar-refractivity contribution is 7.92. The molecule has 1 aromatic heterocycles. The zero-order chi connectivity index (χ0) is 10.6. The summed E-state index contributed by atoms with van der Waals surface area (Å²) in [5.41, 5.74) is 0. The first-order chi connectivity index (χ1) is 6.51. The minimum atomic E-state index is -3.26. The molecule has 0 aliphatic heterocycles. The van der Waals surface area contributed by atoms with E-state index < -0.39 is 10.0 Å². The maximum absolute atomic E-state index is 10.8. The maximum Gasteiger partial charge on any atom is 0.231 e. The van der Waals surface area contributed by atoms with Crippen LogP contribution in [0.3, 0.4) is 0 Å². The Bertz CT molecular complexity index is 387. The van der Waals surface area contributed by atoms with Crippen molar-refractivity contribution in [3.05, 3.63) is 6.20 Å². The molecule has 0 aliphatic rings. The minimum Gasteiger partial charge on any atom is -0.395 e. The Balaban J connectivity index is 2.59. The number of anilines is 2. The van der Waals surface area contributed by atoms with Crippen LogP contribution in [0.25, 0.3) is 0 Å². The van der Waals surface area contributed by atoms with Crippen LogP contribution in [0.1, 0.15) is 0 Å². The summed E-state index contributed by atoms with van der Waals surface area (Å²) in [7, 11) is -3.26. The average molecular weight is 237 g/mol. The number of aliphatic hydroxyl groups is 1. The lowest BCUT2D eigenvalue weighted by Crippen LogP contribution is -2.08. The van der Waals surface area contributed by atoms with Crippen LogP contribution in [-0.2, 0) is 10.0 Å². The number of nitrogens with one attached hydrogen (secondary N) is 2. The fourth-order valence-corrected chi connectivity index (χ4v) is 2.32. The zero-order valence-electron chi connectivity index (χ0n) is 7.52. The second-order valence-corrected chi connectivity index (χ2v) is 5.33. The Morgan fingerprint density at radius 2 is 2.36 bits per heavy atom. The van der Waals surface area contributed by atoms with E-state index in [0.717, 1.165) is 6.26 Å². The summed E-state index contributed by atoms with van der Waals surface area (Å²) in [6.45, 7) is 0.438. The Labute approximate surface area is 86.0 Å². The van der Waals surface area contributed by atoms with Gasteiger partial charge in [-0.25, -0.2) is 13.4 Å². The highest BCUT2D eigenvalue weighted by atomic mass is 32.2. The molecule has 0 saturated carbocycles. The summed E-state index contributed by atoms with van der Waals surface area (Å²) in [5, 5.41) is 12.4. The molecule has 0 amide bonds. The first-order valence-corrected chi connectivity index (χ1v) is 6.50. The van der Waals surface area contributed by atoms with Gasteiger partial charge < -0.3 is 10.4 Å². The molecule has 1 aromatic rings. The summed E-state index contributed by atoms with van der Waals surface area (Å²) >= 11 is 1.18. The number of sulfonamides is 1. The fourth-order valence-electron chi connectivity index (χ4n) is 0.741. The maximum atomic E-state index is 10.8. The standard InChI is InChI=1S/C6H11N3O3S2/c1-14(11,12)9-6-8-4-5(13-6)7-2-3-10/h4,7,10H,2-3H2,1H3,(H,8,9). The number of hydrogen-bond donors (Lipinski definition) is 3. The molecule has 0 spiro atoms. The third-order valence-electron chi connectivity index (χ3n) is 1.19. The van der Waals surface area contributed by atoms with Gasteiger partial charge in [0.25, 0.3) is 0 Å². The predicted octanol–water partition coefficient (Wildman–Crippen LogP) is -0.0812. The van der Waals surface area contributed by atoms with E-state index in [1.54, 1.807) is 0 Å². The molecule has 0 aliphatic carbocycles. The number of rotatable bonds is 5. The third-order valence-corrected chi connectivity index (χ3v) is 2.75. The Morgan fingerprint density at radius 3 is 2.93 bits per heavy atom. The van der Waals surface area contributed by atoms with E-state index in [9.17, 15) is 8.42 Å². The third kappa shape index (κ3) is 3.90. The number of thiazole rings is 1. The SMILES string of the molecule is CS(=O)(=O)Nc1ncc(NCCO)s1. The number of nitrogens with zero attached hydrogens (tertiary/aromatic N) is 1. The number of aromatic nitrogens is 1. The molecule has 0 atom stereocenters. The van der Waals surface area contributed by atoms with Crippen LogP contribution >= 0.6 is 11.3 Å². The van der Waals surface area contributed by atoms with E-state index in [1.807, 2.05) is 0 Å². The lowest BCUT2D eigenvalue weighted by Gasteiger charge is -1.98. The lowest BCUT2D eigenvalue weighted by molar-refractivity contribution is 0.311. The second kappa shape index (κ2) is 4.58. The molecule has 6 nitrogen and oxygen atoms in total. The first kappa shape index (κ1) is 11.2. The zero-order valence-corrected chi connectivity index (χ0v) is 9.15. The van der Waals surface area contributed by atoms with Crippen LogP contribution in [0.2, 0.25) is 0 Å². The molecule has 0 unspecified atom stereocenters. The van der Waals surface area contributed by atoms with Crippen molar-refractivity contribution in [3.8, 4) is 0 Å². The number of aliphatic hydroxyl groups excluding tert-OH is 1. The van der Waals surface area contributed by atoms with Crippen molar-refractivity contribution in [1.82, 2.24) is 4.98 Å². The van der Waals surface area contributed by atoms with Gasteiger partial charge in [0.1, 0.15) is 5.00 Å². The van der Waals surface area contributed by atoms with E-state index >= 15 is 0 Å². The molecule has 80 valence electrons. The molecule has 0 saturated heterocycles. The smallest absolute Gasteiger partial charge is 0.231 e. The molecule has 3 N–H and O–H groups in total. The van der Waals surface area contributed by atoms with Gasteiger partial charge in [-0.15, -0.1) is 0 Å². The van der Waals surface area contributed by atoms with Crippen LogP contribution < -0.4 is 10.0 Å². The van der Waals surface area contributed by atoms with Crippen molar-refractivity contribution >= 4 is 31.5 Å². The molecular weight excluding hydrogens is 226 g/mol. The quantitative estimate of drug-likeness (QED) is 0.666. The molecular formula is C6H11N3O3S2. The van der Waals surface area contributed by atoms with Gasteiger partial charge in [0, 0.05) is 6.54 Å². The largest absolute Gasteiger partial charge is 0.395 e.